The largest absolute Gasteiger partial charge is 0.377 e. The van der Waals surface area contributed by atoms with Crippen molar-refractivity contribution in [2.45, 2.75) is 46.3 Å². The van der Waals surface area contributed by atoms with Gasteiger partial charge in [0, 0.05) is 37.6 Å². The Morgan fingerprint density at radius 2 is 2.11 bits per heavy atom. The van der Waals surface area contributed by atoms with Crippen LogP contribution in [0.5, 0.6) is 0 Å². The quantitative estimate of drug-likeness (QED) is 0.791. The maximum Gasteiger partial charge on any atom is 0.226 e. The zero-order chi connectivity index (χ0) is 13.6. The average Bonchev–Trinajstić information content (AvgIpc) is 2.74. The Balaban J connectivity index is 1.93. The molecule has 4 heteroatoms. The second kappa shape index (κ2) is 4.49. The van der Waals surface area contributed by atoms with Crippen LogP contribution in [0, 0.1) is 16.7 Å². The number of fused-ring (bicyclic) bond motifs is 1. The van der Waals surface area contributed by atoms with Crippen molar-refractivity contribution in [2.24, 2.45) is 16.7 Å². The van der Waals surface area contributed by atoms with Crippen LogP contribution in [0.2, 0.25) is 0 Å². The predicted molar refractivity (Wildman–Crippen MR) is 71.3 cm³/mol. The summed E-state index contributed by atoms with van der Waals surface area (Å²) in [4.78, 5) is 11.8. The molecule has 3 unspecified atom stereocenters. The van der Waals surface area contributed by atoms with Gasteiger partial charge < -0.3 is 15.4 Å². The van der Waals surface area contributed by atoms with Gasteiger partial charge >= 0.3 is 0 Å². The summed E-state index contributed by atoms with van der Waals surface area (Å²) in [7, 11) is 1.69. The zero-order valence-electron chi connectivity index (χ0n) is 12.2. The van der Waals surface area contributed by atoms with Crippen LogP contribution in [0.1, 0.15) is 34.1 Å². The van der Waals surface area contributed by atoms with Crippen LogP contribution in [-0.2, 0) is 9.53 Å². The Morgan fingerprint density at radius 3 is 2.72 bits per heavy atom. The molecule has 1 heterocycles. The molecule has 2 fully saturated rings. The molecule has 0 radical (unpaired) electrons. The number of hydrogen-bond acceptors (Lipinski definition) is 3. The van der Waals surface area contributed by atoms with Gasteiger partial charge in [0.25, 0.3) is 0 Å². The molecule has 2 rings (SSSR count). The molecule has 1 aliphatic heterocycles. The second-order valence-corrected chi connectivity index (χ2v) is 6.89. The first-order valence-electron chi connectivity index (χ1n) is 6.88. The molecule has 0 spiro atoms. The van der Waals surface area contributed by atoms with Crippen LogP contribution in [-0.4, -0.2) is 38.3 Å². The summed E-state index contributed by atoms with van der Waals surface area (Å²) in [6, 6.07) is 0.467. The van der Waals surface area contributed by atoms with Crippen LogP contribution >= 0.6 is 0 Å². The molecule has 104 valence electrons. The van der Waals surface area contributed by atoms with Crippen molar-refractivity contribution in [1.29, 1.82) is 0 Å². The highest BCUT2D eigenvalue weighted by molar-refractivity contribution is 5.81. The van der Waals surface area contributed by atoms with Crippen LogP contribution in [0.3, 0.4) is 0 Å². The predicted octanol–water partition coefficient (Wildman–Crippen LogP) is 1.16. The highest BCUT2D eigenvalue weighted by Crippen LogP contribution is 2.52. The molecule has 0 aromatic carbocycles. The van der Waals surface area contributed by atoms with E-state index in [2.05, 4.69) is 24.5 Å². The zero-order valence-corrected chi connectivity index (χ0v) is 12.2. The van der Waals surface area contributed by atoms with Gasteiger partial charge in [0.05, 0.1) is 11.5 Å². The molecular formula is C14H26N2O2. The summed E-state index contributed by atoms with van der Waals surface area (Å²) in [6.07, 6.45) is 1.55. The van der Waals surface area contributed by atoms with Crippen molar-refractivity contribution >= 4 is 5.91 Å². The smallest absolute Gasteiger partial charge is 0.226 e. The Bertz CT molecular complexity index is 339. The van der Waals surface area contributed by atoms with Gasteiger partial charge in [0.1, 0.15) is 0 Å². The molecule has 4 nitrogen and oxygen atoms in total. The van der Waals surface area contributed by atoms with Crippen LogP contribution in [0.15, 0.2) is 0 Å². The minimum atomic E-state index is -0.366. The summed E-state index contributed by atoms with van der Waals surface area (Å²) in [5.74, 6) is 0.715. The van der Waals surface area contributed by atoms with Gasteiger partial charge in [0.2, 0.25) is 5.91 Å². The molecule has 18 heavy (non-hydrogen) atoms. The van der Waals surface area contributed by atoms with E-state index in [0.29, 0.717) is 24.6 Å². The third kappa shape index (κ3) is 2.05. The Hall–Kier alpha value is -0.610. The summed E-state index contributed by atoms with van der Waals surface area (Å²) in [5.41, 5.74) is -0.185. The van der Waals surface area contributed by atoms with Gasteiger partial charge in [-0.2, -0.15) is 0 Å². The van der Waals surface area contributed by atoms with E-state index in [9.17, 15) is 4.79 Å². The fourth-order valence-electron chi connectivity index (χ4n) is 3.52. The molecule has 1 saturated heterocycles. The van der Waals surface area contributed by atoms with E-state index in [1.165, 1.54) is 0 Å². The molecular weight excluding hydrogens is 228 g/mol. The normalized spacial score (nSPS) is 33.7. The molecule has 0 aromatic rings. The minimum absolute atomic E-state index is 0.0892. The van der Waals surface area contributed by atoms with E-state index in [-0.39, 0.29) is 16.7 Å². The van der Waals surface area contributed by atoms with E-state index in [4.69, 9.17) is 4.74 Å². The van der Waals surface area contributed by atoms with E-state index in [1.54, 1.807) is 7.05 Å². The fourth-order valence-corrected chi connectivity index (χ4v) is 3.52. The third-order valence-corrected chi connectivity index (χ3v) is 4.71. The third-order valence-electron chi connectivity index (χ3n) is 4.71. The number of hydrogen-bond donors (Lipinski definition) is 2. The first-order valence-corrected chi connectivity index (χ1v) is 6.88. The highest BCUT2D eigenvalue weighted by atomic mass is 16.5. The highest BCUT2D eigenvalue weighted by Gasteiger charge is 2.59. The Labute approximate surface area is 110 Å². The average molecular weight is 254 g/mol. The number of carbonyl (C=O) groups is 1. The first kappa shape index (κ1) is 13.8. The first-order chi connectivity index (χ1) is 8.30. The number of carbonyl (C=O) groups excluding carboxylic acids is 1. The van der Waals surface area contributed by atoms with Gasteiger partial charge in [0.15, 0.2) is 0 Å². The van der Waals surface area contributed by atoms with Crippen LogP contribution in [0.25, 0.3) is 0 Å². The van der Waals surface area contributed by atoms with Crippen molar-refractivity contribution in [3.8, 4) is 0 Å². The fraction of sp³-hybridized carbons (Fsp3) is 0.929. The van der Waals surface area contributed by atoms with Crippen molar-refractivity contribution in [3.63, 3.8) is 0 Å². The standard InChI is InChI=1S/C14H26N2O2/c1-13(2,12(17)15-5)8-16-10-9-6-7-18-11(9)14(10,3)4/h9-11,16H,6-8H2,1-5H3,(H,15,17). The lowest BCUT2D eigenvalue weighted by Gasteiger charge is -2.55. The molecule has 0 aromatic heterocycles. The van der Waals surface area contributed by atoms with Gasteiger partial charge in [-0.05, 0) is 20.3 Å². The van der Waals surface area contributed by atoms with E-state index in [1.807, 2.05) is 13.8 Å². The van der Waals surface area contributed by atoms with E-state index >= 15 is 0 Å². The van der Waals surface area contributed by atoms with E-state index < -0.39 is 0 Å². The monoisotopic (exact) mass is 254 g/mol. The second-order valence-electron chi connectivity index (χ2n) is 6.89. The molecule has 2 N–H and O–H groups in total. The SMILES string of the molecule is CNC(=O)C(C)(C)CNC1C2CCOC2C1(C)C. The lowest BCUT2D eigenvalue weighted by atomic mass is 9.57. The Kier molecular flexibility index (Phi) is 3.45. The lowest BCUT2D eigenvalue weighted by Crippen LogP contribution is -2.67. The molecule has 0 bridgehead atoms. The topological polar surface area (TPSA) is 50.4 Å². The summed E-state index contributed by atoms with van der Waals surface area (Å²) < 4.78 is 5.78. The summed E-state index contributed by atoms with van der Waals surface area (Å²) in [6.45, 7) is 10.1. The van der Waals surface area contributed by atoms with Crippen LogP contribution in [0.4, 0.5) is 0 Å². The van der Waals surface area contributed by atoms with Crippen LogP contribution < -0.4 is 10.6 Å². The molecule has 2 aliphatic rings. The summed E-state index contributed by atoms with van der Waals surface area (Å²) >= 11 is 0. The molecule has 1 saturated carbocycles. The molecule has 1 amide bonds. The van der Waals surface area contributed by atoms with Crippen molar-refractivity contribution in [1.82, 2.24) is 10.6 Å². The maximum absolute atomic E-state index is 11.8. The lowest BCUT2D eigenvalue weighted by molar-refractivity contribution is -0.131. The van der Waals surface area contributed by atoms with Gasteiger partial charge in [-0.25, -0.2) is 0 Å². The van der Waals surface area contributed by atoms with Crippen molar-refractivity contribution < 1.29 is 9.53 Å². The van der Waals surface area contributed by atoms with Gasteiger partial charge in [-0.15, -0.1) is 0 Å². The molecule has 1 aliphatic carbocycles. The summed E-state index contributed by atoms with van der Waals surface area (Å²) in [5, 5.41) is 6.32. The van der Waals surface area contributed by atoms with Crippen molar-refractivity contribution in [3.05, 3.63) is 0 Å². The van der Waals surface area contributed by atoms with E-state index in [0.717, 1.165) is 13.0 Å². The van der Waals surface area contributed by atoms with Crippen molar-refractivity contribution in [2.75, 3.05) is 20.2 Å². The Morgan fingerprint density at radius 1 is 1.44 bits per heavy atom. The number of ether oxygens (including phenoxy) is 1. The molecule has 3 atom stereocenters. The number of nitrogens with one attached hydrogen (secondary N) is 2. The minimum Gasteiger partial charge on any atom is -0.377 e. The van der Waals surface area contributed by atoms with Gasteiger partial charge in [-0.3, -0.25) is 4.79 Å². The van der Waals surface area contributed by atoms with Gasteiger partial charge in [-0.1, -0.05) is 13.8 Å². The maximum atomic E-state index is 11.8. The number of rotatable bonds is 4. The number of amides is 1.